The van der Waals surface area contributed by atoms with Crippen LogP contribution in [0.2, 0.25) is 0 Å². The van der Waals surface area contributed by atoms with Crippen molar-refractivity contribution < 1.29 is 13.9 Å². The average molecular weight is 405 g/mol. The zero-order valence-corrected chi connectivity index (χ0v) is 14.4. The van der Waals surface area contributed by atoms with Gasteiger partial charge in [-0.05, 0) is 57.0 Å². The first-order chi connectivity index (χ1) is 9.55. The predicted octanol–water partition coefficient (Wildman–Crippen LogP) is 4.16. The van der Waals surface area contributed by atoms with Crippen LogP contribution in [-0.4, -0.2) is 7.11 Å². The van der Waals surface area contributed by atoms with E-state index in [-0.39, 0.29) is 0 Å². The number of halogens is 2. The Kier molecular flexibility index (Phi) is 5.12. The monoisotopic (exact) mass is 403 g/mol. The van der Waals surface area contributed by atoms with Crippen molar-refractivity contribution in [2.75, 3.05) is 7.11 Å². The van der Waals surface area contributed by atoms with Crippen LogP contribution in [0.5, 0.6) is 11.5 Å². The standard InChI is InChI=1S/C14H15Br2NO3/c1-8-9(3-10(6-17)20-8)7-19-14-5-11(15)13(18-2)4-12(14)16/h3-5H,6-7,17H2,1-2H3. The lowest BCUT2D eigenvalue weighted by molar-refractivity contribution is 0.300. The number of rotatable bonds is 5. The lowest BCUT2D eigenvalue weighted by atomic mass is 10.2. The number of methoxy groups -OCH3 is 1. The van der Waals surface area contributed by atoms with E-state index in [1.807, 2.05) is 25.1 Å². The average Bonchev–Trinajstić information content (AvgIpc) is 2.80. The Hall–Kier alpha value is -0.980. The normalized spacial score (nSPS) is 10.7. The molecule has 0 amide bonds. The number of aryl methyl sites for hydroxylation is 1. The van der Waals surface area contributed by atoms with Crippen molar-refractivity contribution in [2.45, 2.75) is 20.1 Å². The number of hydrogen-bond donors (Lipinski definition) is 1. The summed E-state index contributed by atoms with van der Waals surface area (Å²) in [6.07, 6.45) is 0. The minimum atomic E-state index is 0.388. The summed E-state index contributed by atoms with van der Waals surface area (Å²) in [5, 5.41) is 0. The van der Waals surface area contributed by atoms with E-state index in [9.17, 15) is 0 Å². The minimum absolute atomic E-state index is 0.388. The van der Waals surface area contributed by atoms with Crippen molar-refractivity contribution in [3.63, 3.8) is 0 Å². The fraction of sp³-hybridized carbons (Fsp3) is 0.286. The summed E-state index contributed by atoms with van der Waals surface area (Å²) in [4.78, 5) is 0. The maximum absolute atomic E-state index is 5.81. The molecular weight excluding hydrogens is 390 g/mol. The van der Waals surface area contributed by atoms with Crippen molar-refractivity contribution in [2.24, 2.45) is 5.73 Å². The van der Waals surface area contributed by atoms with Crippen molar-refractivity contribution in [3.05, 3.63) is 44.2 Å². The second-order valence-electron chi connectivity index (χ2n) is 4.20. The van der Waals surface area contributed by atoms with Crippen LogP contribution >= 0.6 is 31.9 Å². The molecular formula is C14H15Br2NO3. The third kappa shape index (κ3) is 3.37. The number of hydrogen-bond acceptors (Lipinski definition) is 4. The molecule has 0 aliphatic carbocycles. The van der Waals surface area contributed by atoms with Crippen LogP contribution in [0.15, 0.2) is 31.6 Å². The van der Waals surface area contributed by atoms with E-state index in [1.54, 1.807) is 7.11 Å². The highest BCUT2D eigenvalue weighted by atomic mass is 79.9. The minimum Gasteiger partial charge on any atom is -0.496 e. The van der Waals surface area contributed by atoms with Crippen LogP contribution in [-0.2, 0) is 13.2 Å². The SMILES string of the molecule is COc1cc(Br)c(OCc2cc(CN)oc2C)cc1Br. The molecule has 0 unspecified atom stereocenters. The van der Waals surface area contributed by atoms with Crippen LogP contribution in [0.25, 0.3) is 0 Å². The third-order valence-corrected chi connectivity index (χ3v) is 4.10. The van der Waals surface area contributed by atoms with Gasteiger partial charge in [0.1, 0.15) is 29.6 Å². The maximum Gasteiger partial charge on any atom is 0.135 e. The van der Waals surface area contributed by atoms with Crippen LogP contribution in [0, 0.1) is 6.92 Å². The Morgan fingerprint density at radius 3 is 2.40 bits per heavy atom. The fourth-order valence-corrected chi connectivity index (χ4v) is 2.69. The van der Waals surface area contributed by atoms with E-state index in [0.29, 0.717) is 13.2 Å². The number of benzene rings is 1. The Balaban J connectivity index is 2.14. The first kappa shape index (κ1) is 15.4. The molecule has 108 valence electrons. The molecule has 0 bridgehead atoms. The summed E-state index contributed by atoms with van der Waals surface area (Å²) in [5.41, 5.74) is 6.54. The van der Waals surface area contributed by atoms with Crippen LogP contribution in [0.3, 0.4) is 0 Å². The van der Waals surface area contributed by atoms with E-state index >= 15 is 0 Å². The van der Waals surface area contributed by atoms with E-state index in [4.69, 9.17) is 19.6 Å². The van der Waals surface area contributed by atoms with Gasteiger partial charge < -0.3 is 19.6 Å². The molecule has 0 fully saturated rings. The van der Waals surface area contributed by atoms with Gasteiger partial charge in [-0.15, -0.1) is 0 Å². The Morgan fingerprint density at radius 2 is 1.80 bits per heavy atom. The van der Waals surface area contributed by atoms with Gasteiger partial charge in [0.25, 0.3) is 0 Å². The predicted molar refractivity (Wildman–Crippen MR) is 84.1 cm³/mol. The Labute approximate surface area is 134 Å². The summed E-state index contributed by atoms with van der Waals surface area (Å²) in [6.45, 7) is 2.71. The van der Waals surface area contributed by atoms with Gasteiger partial charge in [0.2, 0.25) is 0 Å². The fourth-order valence-electron chi connectivity index (χ4n) is 1.76. The molecule has 1 aromatic heterocycles. The molecule has 2 rings (SSSR count). The van der Waals surface area contributed by atoms with Gasteiger partial charge >= 0.3 is 0 Å². The summed E-state index contributed by atoms with van der Waals surface area (Å²) in [7, 11) is 1.62. The van der Waals surface area contributed by atoms with Gasteiger partial charge in [-0.2, -0.15) is 0 Å². The molecule has 0 spiro atoms. The maximum atomic E-state index is 5.81. The molecule has 2 aromatic rings. The number of ether oxygens (including phenoxy) is 2. The van der Waals surface area contributed by atoms with Crippen molar-refractivity contribution >= 4 is 31.9 Å². The second-order valence-corrected chi connectivity index (χ2v) is 5.91. The highest BCUT2D eigenvalue weighted by molar-refractivity contribution is 9.11. The first-order valence-electron chi connectivity index (χ1n) is 5.99. The summed E-state index contributed by atoms with van der Waals surface area (Å²) in [5.74, 6) is 3.06. The lowest BCUT2D eigenvalue weighted by Crippen LogP contribution is -1.97. The van der Waals surface area contributed by atoms with E-state index < -0.39 is 0 Å². The molecule has 0 aliphatic heterocycles. The highest BCUT2D eigenvalue weighted by Crippen LogP contribution is 2.36. The molecule has 20 heavy (non-hydrogen) atoms. The van der Waals surface area contributed by atoms with Crippen LogP contribution in [0.1, 0.15) is 17.1 Å². The van der Waals surface area contributed by atoms with Gasteiger partial charge in [0, 0.05) is 5.56 Å². The molecule has 4 nitrogen and oxygen atoms in total. The molecule has 6 heteroatoms. The molecule has 1 aromatic carbocycles. The van der Waals surface area contributed by atoms with Gasteiger partial charge in [-0.25, -0.2) is 0 Å². The summed E-state index contributed by atoms with van der Waals surface area (Å²) >= 11 is 6.90. The van der Waals surface area contributed by atoms with Crippen LogP contribution in [0.4, 0.5) is 0 Å². The van der Waals surface area contributed by atoms with Crippen LogP contribution < -0.4 is 15.2 Å². The Morgan fingerprint density at radius 1 is 1.15 bits per heavy atom. The topological polar surface area (TPSA) is 57.6 Å². The quantitative estimate of drug-likeness (QED) is 0.812. The molecule has 0 saturated carbocycles. The molecule has 0 radical (unpaired) electrons. The smallest absolute Gasteiger partial charge is 0.135 e. The van der Waals surface area contributed by atoms with E-state index in [2.05, 4.69) is 31.9 Å². The molecule has 0 atom stereocenters. The largest absolute Gasteiger partial charge is 0.496 e. The molecule has 1 heterocycles. The highest BCUT2D eigenvalue weighted by Gasteiger charge is 2.11. The Bertz CT molecular complexity index is 611. The molecule has 2 N–H and O–H groups in total. The second kappa shape index (κ2) is 6.65. The third-order valence-electron chi connectivity index (χ3n) is 2.86. The van der Waals surface area contributed by atoms with Gasteiger partial charge in [0.05, 0.1) is 22.6 Å². The van der Waals surface area contributed by atoms with Crippen molar-refractivity contribution in [1.29, 1.82) is 0 Å². The first-order valence-corrected chi connectivity index (χ1v) is 7.57. The van der Waals surface area contributed by atoms with E-state index in [0.717, 1.165) is 37.5 Å². The van der Waals surface area contributed by atoms with E-state index in [1.165, 1.54) is 0 Å². The van der Waals surface area contributed by atoms with Crippen molar-refractivity contribution in [1.82, 2.24) is 0 Å². The molecule has 0 saturated heterocycles. The van der Waals surface area contributed by atoms with Gasteiger partial charge in [0.15, 0.2) is 0 Å². The lowest BCUT2D eigenvalue weighted by Gasteiger charge is -2.10. The zero-order valence-electron chi connectivity index (χ0n) is 11.2. The number of furan rings is 1. The summed E-state index contributed by atoms with van der Waals surface area (Å²) in [6, 6.07) is 5.64. The molecule has 0 aliphatic rings. The number of nitrogens with two attached hydrogens (primary N) is 1. The van der Waals surface area contributed by atoms with Gasteiger partial charge in [-0.1, -0.05) is 0 Å². The van der Waals surface area contributed by atoms with Crippen molar-refractivity contribution in [3.8, 4) is 11.5 Å². The zero-order chi connectivity index (χ0) is 14.7. The van der Waals surface area contributed by atoms with Gasteiger partial charge in [-0.3, -0.25) is 0 Å². The summed E-state index contributed by atoms with van der Waals surface area (Å²) < 4.78 is 18.2.